The molecular formula is C13H23NO4. The minimum Gasteiger partial charge on any atom is -0.466 e. The van der Waals surface area contributed by atoms with E-state index in [0.29, 0.717) is 19.7 Å². The van der Waals surface area contributed by atoms with E-state index in [1.165, 1.54) is 0 Å². The highest BCUT2D eigenvalue weighted by atomic mass is 16.5. The Morgan fingerprint density at radius 2 is 2.06 bits per heavy atom. The van der Waals surface area contributed by atoms with Gasteiger partial charge in [-0.3, -0.25) is 9.59 Å². The summed E-state index contributed by atoms with van der Waals surface area (Å²) in [5.74, 6) is -0.322. The number of nitrogens with zero attached hydrogens (tertiary/aromatic N) is 1. The van der Waals surface area contributed by atoms with Gasteiger partial charge in [0, 0.05) is 19.5 Å². The molecule has 0 radical (unpaired) electrons. The van der Waals surface area contributed by atoms with Crippen LogP contribution >= 0.6 is 0 Å². The Morgan fingerprint density at radius 1 is 1.39 bits per heavy atom. The molecule has 0 aliphatic carbocycles. The number of morpholine rings is 1. The maximum Gasteiger partial charge on any atom is 0.306 e. The average molecular weight is 257 g/mol. The lowest BCUT2D eigenvalue weighted by molar-refractivity contribution is -0.159. The molecule has 0 aromatic carbocycles. The summed E-state index contributed by atoms with van der Waals surface area (Å²) in [6.07, 6.45) is 0.390. The maximum absolute atomic E-state index is 12.0. The zero-order chi connectivity index (χ0) is 13.8. The van der Waals surface area contributed by atoms with Crippen LogP contribution in [0.4, 0.5) is 0 Å². The third-order valence-corrected chi connectivity index (χ3v) is 2.77. The van der Waals surface area contributed by atoms with Crippen molar-refractivity contribution in [1.29, 1.82) is 0 Å². The van der Waals surface area contributed by atoms with Crippen LogP contribution in [0.1, 0.15) is 40.5 Å². The molecule has 0 bridgehead atoms. The summed E-state index contributed by atoms with van der Waals surface area (Å²) in [5, 5.41) is 0. The Balaban J connectivity index is 2.44. The van der Waals surface area contributed by atoms with Crippen molar-refractivity contribution in [3.8, 4) is 0 Å². The second-order valence-electron chi connectivity index (χ2n) is 5.27. The zero-order valence-corrected chi connectivity index (χ0v) is 11.7. The van der Waals surface area contributed by atoms with E-state index < -0.39 is 0 Å². The molecule has 5 heteroatoms. The van der Waals surface area contributed by atoms with Crippen molar-refractivity contribution < 1.29 is 19.1 Å². The van der Waals surface area contributed by atoms with Crippen LogP contribution in [0.2, 0.25) is 0 Å². The number of hydrogen-bond acceptors (Lipinski definition) is 4. The van der Waals surface area contributed by atoms with Crippen LogP contribution in [0.5, 0.6) is 0 Å². The summed E-state index contributed by atoms with van der Waals surface area (Å²) in [6, 6.07) is 0. The molecule has 0 saturated carbocycles. The normalized spacial score (nSPS) is 22.7. The van der Waals surface area contributed by atoms with Gasteiger partial charge in [-0.2, -0.15) is 0 Å². The highest BCUT2D eigenvalue weighted by Gasteiger charge is 2.33. The molecule has 1 amide bonds. The van der Waals surface area contributed by atoms with Crippen LogP contribution in [0, 0.1) is 0 Å². The fourth-order valence-corrected chi connectivity index (χ4v) is 2.24. The summed E-state index contributed by atoms with van der Waals surface area (Å²) in [5.41, 5.74) is -0.322. The molecule has 1 aliphatic rings. The van der Waals surface area contributed by atoms with Crippen molar-refractivity contribution in [2.24, 2.45) is 0 Å². The molecule has 0 aromatic heterocycles. The zero-order valence-electron chi connectivity index (χ0n) is 11.7. The second kappa shape index (κ2) is 6.18. The van der Waals surface area contributed by atoms with Crippen molar-refractivity contribution in [2.45, 2.75) is 52.2 Å². The fourth-order valence-electron chi connectivity index (χ4n) is 2.24. The first-order valence-corrected chi connectivity index (χ1v) is 6.45. The number of carbonyl (C=O) groups is 2. The molecule has 1 atom stereocenters. The van der Waals surface area contributed by atoms with Crippen LogP contribution in [0.15, 0.2) is 0 Å². The molecule has 18 heavy (non-hydrogen) atoms. The number of rotatable bonds is 4. The van der Waals surface area contributed by atoms with Gasteiger partial charge in [0.25, 0.3) is 0 Å². The Hall–Kier alpha value is -1.10. The van der Waals surface area contributed by atoms with E-state index >= 15 is 0 Å². The Bertz CT molecular complexity index is 314. The van der Waals surface area contributed by atoms with Gasteiger partial charge in [-0.25, -0.2) is 0 Å². The summed E-state index contributed by atoms with van der Waals surface area (Å²) < 4.78 is 10.5. The van der Waals surface area contributed by atoms with E-state index in [4.69, 9.17) is 9.47 Å². The Kier molecular flexibility index (Phi) is 5.14. The van der Waals surface area contributed by atoms with Gasteiger partial charge in [0.15, 0.2) is 0 Å². The molecule has 0 N–H and O–H groups in total. The predicted octanol–water partition coefficient (Wildman–Crippen LogP) is 1.36. The van der Waals surface area contributed by atoms with Crippen molar-refractivity contribution in [1.82, 2.24) is 4.90 Å². The molecule has 1 heterocycles. The minimum atomic E-state index is -0.322. The molecular weight excluding hydrogens is 234 g/mol. The lowest BCUT2D eigenvalue weighted by atomic mass is 10.0. The van der Waals surface area contributed by atoms with Gasteiger partial charge in [0.05, 0.1) is 24.7 Å². The van der Waals surface area contributed by atoms with Gasteiger partial charge in [-0.05, 0) is 27.7 Å². The number of esters is 1. The number of hydrogen-bond donors (Lipinski definition) is 0. The van der Waals surface area contributed by atoms with Gasteiger partial charge in [0.1, 0.15) is 0 Å². The van der Waals surface area contributed by atoms with Gasteiger partial charge in [-0.15, -0.1) is 0 Å². The number of ether oxygens (including phenoxy) is 2. The van der Waals surface area contributed by atoms with E-state index in [1.54, 1.807) is 11.8 Å². The van der Waals surface area contributed by atoms with Gasteiger partial charge >= 0.3 is 5.97 Å². The molecule has 1 fully saturated rings. The number of carbonyl (C=O) groups excluding carboxylic acids is 2. The van der Waals surface area contributed by atoms with Crippen molar-refractivity contribution in [2.75, 3.05) is 19.7 Å². The van der Waals surface area contributed by atoms with Gasteiger partial charge in [-0.1, -0.05) is 0 Å². The van der Waals surface area contributed by atoms with E-state index in [2.05, 4.69) is 0 Å². The first-order chi connectivity index (χ1) is 8.34. The predicted molar refractivity (Wildman–Crippen MR) is 67.1 cm³/mol. The fraction of sp³-hybridized carbons (Fsp3) is 0.846. The smallest absolute Gasteiger partial charge is 0.306 e. The number of amides is 1. The first-order valence-electron chi connectivity index (χ1n) is 6.45. The van der Waals surface area contributed by atoms with Crippen LogP contribution in [0.3, 0.4) is 0 Å². The SMILES string of the molecule is CCOC(=O)CCC(=O)N1CC(C)OC(C)(C)C1. The average Bonchev–Trinajstić information content (AvgIpc) is 2.23. The van der Waals surface area contributed by atoms with Crippen molar-refractivity contribution in [3.63, 3.8) is 0 Å². The molecule has 0 spiro atoms. The monoisotopic (exact) mass is 257 g/mol. The van der Waals surface area contributed by atoms with Crippen LogP contribution in [-0.4, -0.2) is 48.2 Å². The molecule has 5 nitrogen and oxygen atoms in total. The van der Waals surface area contributed by atoms with Crippen molar-refractivity contribution in [3.05, 3.63) is 0 Å². The van der Waals surface area contributed by atoms with Gasteiger partial charge in [0.2, 0.25) is 5.91 Å². The molecule has 1 saturated heterocycles. The second-order valence-corrected chi connectivity index (χ2v) is 5.27. The molecule has 0 aromatic rings. The highest BCUT2D eigenvalue weighted by molar-refractivity contribution is 5.81. The first kappa shape index (κ1) is 15.0. The van der Waals surface area contributed by atoms with Crippen LogP contribution in [0.25, 0.3) is 0 Å². The topological polar surface area (TPSA) is 55.8 Å². The minimum absolute atomic E-state index is 0.00808. The third kappa shape index (κ3) is 4.64. The Morgan fingerprint density at radius 3 is 2.61 bits per heavy atom. The standard InChI is InChI=1S/C13H23NO4/c1-5-17-12(16)7-6-11(15)14-8-10(2)18-13(3,4)9-14/h10H,5-9H2,1-4H3. The van der Waals surface area contributed by atoms with E-state index in [0.717, 1.165) is 0 Å². The largest absolute Gasteiger partial charge is 0.466 e. The summed E-state index contributed by atoms with van der Waals surface area (Å²) in [7, 11) is 0. The van der Waals surface area contributed by atoms with E-state index in [-0.39, 0.29) is 36.4 Å². The lowest BCUT2D eigenvalue weighted by Gasteiger charge is -2.41. The molecule has 1 aliphatic heterocycles. The molecule has 104 valence electrons. The summed E-state index contributed by atoms with van der Waals surface area (Å²) >= 11 is 0. The van der Waals surface area contributed by atoms with Crippen LogP contribution in [-0.2, 0) is 19.1 Å². The van der Waals surface area contributed by atoms with Crippen molar-refractivity contribution >= 4 is 11.9 Å². The van der Waals surface area contributed by atoms with Gasteiger partial charge < -0.3 is 14.4 Å². The molecule has 1 rings (SSSR count). The third-order valence-electron chi connectivity index (χ3n) is 2.77. The highest BCUT2D eigenvalue weighted by Crippen LogP contribution is 2.21. The van der Waals surface area contributed by atoms with E-state index in [1.807, 2.05) is 20.8 Å². The maximum atomic E-state index is 12.0. The Labute approximate surface area is 108 Å². The molecule has 1 unspecified atom stereocenters. The quantitative estimate of drug-likeness (QED) is 0.713. The lowest BCUT2D eigenvalue weighted by Crippen LogP contribution is -2.53. The summed E-state index contributed by atoms with van der Waals surface area (Å²) in [4.78, 5) is 25.0. The summed E-state index contributed by atoms with van der Waals surface area (Å²) in [6.45, 7) is 9.15. The van der Waals surface area contributed by atoms with Crippen LogP contribution < -0.4 is 0 Å². The van der Waals surface area contributed by atoms with E-state index in [9.17, 15) is 9.59 Å².